The van der Waals surface area contributed by atoms with E-state index in [9.17, 15) is 19.4 Å². The molecule has 0 amide bonds. The number of aromatic nitrogens is 4. The Morgan fingerprint density at radius 3 is 2.40 bits per heavy atom. The van der Waals surface area contributed by atoms with Crippen LogP contribution in [0.3, 0.4) is 0 Å². The van der Waals surface area contributed by atoms with Gasteiger partial charge in [0.05, 0.1) is 35.7 Å². The zero-order valence-electron chi connectivity index (χ0n) is 21.6. The van der Waals surface area contributed by atoms with Gasteiger partial charge in [-0.1, -0.05) is 32.0 Å². The van der Waals surface area contributed by atoms with Gasteiger partial charge in [-0.25, -0.2) is 19.3 Å². The van der Waals surface area contributed by atoms with Crippen LogP contribution < -0.4 is 5.32 Å². The van der Waals surface area contributed by atoms with Crippen LogP contribution in [0.5, 0.6) is 0 Å². The molecule has 0 aliphatic rings. The number of carboxylic acids is 1. The second kappa shape index (κ2) is 14.3. The van der Waals surface area contributed by atoms with Crippen LogP contribution in [0.4, 0.5) is 16.0 Å². The molecule has 0 spiro atoms. The summed E-state index contributed by atoms with van der Waals surface area (Å²) in [7, 11) is 0. The van der Waals surface area contributed by atoms with Gasteiger partial charge >= 0.3 is 35.5 Å². The van der Waals surface area contributed by atoms with Crippen molar-refractivity contribution < 1.29 is 24.5 Å². The first-order valence-electron chi connectivity index (χ1n) is 12.5. The third-order valence-corrected chi connectivity index (χ3v) is 5.88. The standard InChI is InChI=1S/C29H30FN5O4.Na.H/c1-18(2)28-34-26(19-8-10-20(30)11-9-19)27(35(28)15-13-22(36)16-23(37)17-25(38)39)24-12-14-31-29(33-24)32-21-6-4-3-5-7-21;;/h3-15,18,22-23,36-37H,16-17H2,1-2H3,(H,38,39)(H,31,32,33);;/t22-,23-;;/m0../s1. The monoisotopic (exact) mass is 555 g/mol. The molecule has 0 radical (unpaired) electrons. The molecule has 0 bridgehead atoms. The second-order valence-corrected chi connectivity index (χ2v) is 9.35. The Morgan fingerprint density at radius 1 is 1.05 bits per heavy atom. The number of halogens is 1. The van der Waals surface area contributed by atoms with E-state index < -0.39 is 24.6 Å². The molecular weight excluding hydrogens is 524 g/mol. The summed E-state index contributed by atoms with van der Waals surface area (Å²) in [4.78, 5) is 24.8. The van der Waals surface area contributed by atoms with Gasteiger partial charge in [0.1, 0.15) is 11.6 Å². The number of rotatable bonds is 11. The normalized spacial score (nSPS) is 12.8. The number of carboxylic acid groups (broad SMARTS) is 1. The summed E-state index contributed by atoms with van der Waals surface area (Å²) in [6, 6.07) is 17.2. The third kappa shape index (κ3) is 8.06. The van der Waals surface area contributed by atoms with E-state index in [2.05, 4.69) is 10.3 Å². The van der Waals surface area contributed by atoms with E-state index >= 15 is 0 Å². The van der Waals surface area contributed by atoms with Crippen LogP contribution in [-0.4, -0.2) is 82.6 Å². The Hall–Kier alpha value is -3.41. The number of benzene rings is 2. The molecule has 4 aromatic rings. The van der Waals surface area contributed by atoms with Crippen molar-refractivity contribution in [2.45, 2.75) is 44.8 Å². The van der Waals surface area contributed by atoms with Gasteiger partial charge in [0, 0.05) is 36.0 Å². The van der Waals surface area contributed by atoms with Crippen LogP contribution >= 0.6 is 0 Å². The minimum absolute atomic E-state index is 0. The molecule has 2 atom stereocenters. The molecule has 2 aromatic carbocycles. The molecule has 9 nitrogen and oxygen atoms in total. The molecule has 0 saturated heterocycles. The fourth-order valence-electron chi connectivity index (χ4n) is 4.09. The summed E-state index contributed by atoms with van der Waals surface area (Å²) in [6.07, 6.45) is 1.81. The molecule has 4 rings (SSSR count). The van der Waals surface area contributed by atoms with Crippen molar-refractivity contribution in [1.29, 1.82) is 0 Å². The van der Waals surface area contributed by atoms with Crippen molar-refractivity contribution in [3.05, 3.63) is 84.6 Å². The number of anilines is 2. The van der Waals surface area contributed by atoms with Crippen molar-refractivity contribution in [3.8, 4) is 22.6 Å². The van der Waals surface area contributed by atoms with Gasteiger partial charge in [-0.3, -0.25) is 4.79 Å². The van der Waals surface area contributed by atoms with E-state index in [4.69, 9.17) is 15.1 Å². The molecule has 0 unspecified atom stereocenters. The van der Waals surface area contributed by atoms with Crippen LogP contribution in [0.2, 0.25) is 0 Å². The summed E-state index contributed by atoms with van der Waals surface area (Å²) in [5.41, 5.74) is 3.18. The second-order valence-electron chi connectivity index (χ2n) is 9.35. The topological polar surface area (TPSA) is 133 Å². The Balaban J connectivity index is 0.00000441. The molecular formula is C29H31FN5NaO4. The zero-order valence-corrected chi connectivity index (χ0v) is 21.6. The van der Waals surface area contributed by atoms with Crippen molar-refractivity contribution in [2.24, 2.45) is 0 Å². The summed E-state index contributed by atoms with van der Waals surface area (Å²) >= 11 is 0. The Kier molecular flexibility index (Phi) is 11.1. The first kappa shape index (κ1) is 31.1. The number of aliphatic hydroxyl groups is 2. The van der Waals surface area contributed by atoms with E-state index in [1.54, 1.807) is 35.2 Å². The number of hydrogen-bond acceptors (Lipinski definition) is 7. The van der Waals surface area contributed by atoms with Gasteiger partial charge < -0.3 is 25.2 Å². The third-order valence-electron chi connectivity index (χ3n) is 5.88. The zero-order chi connectivity index (χ0) is 27.9. The number of nitrogens with one attached hydrogen (secondary N) is 1. The quantitative estimate of drug-likeness (QED) is 0.200. The van der Waals surface area contributed by atoms with Crippen molar-refractivity contribution >= 4 is 53.4 Å². The average Bonchev–Trinajstić information content (AvgIpc) is 3.28. The number of carbonyl (C=O) groups is 1. The number of aliphatic hydroxyl groups excluding tert-OH is 2. The first-order valence-corrected chi connectivity index (χ1v) is 12.5. The Bertz CT molecular complexity index is 1440. The van der Waals surface area contributed by atoms with E-state index in [0.717, 1.165) is 5.69 Å². The minimum atomic E-state index is -1.20. The number of imidazole rings is 1. The number of aliphatic carboxylic acids is 1. The van der Waals surface area contributed by atoms with Gasteiger partial charge in [-0.05, 0) is 48.5 Å². The number of nitrogens with zero attached hydrogens (tertiary/aromatic N) is 4. The molecule has 0 fully saturated rings. The molecule has 0 aliphatic heterocycles. The molecule has 4 N–H and O–H groups in total. The SMILES string of the molecule is CC(C)c1nc(-c2ccc(F)cc2)c(-c2ccnc(Nc3ccccc3)n2)n1C=C[C@H](O)C[C@H](O)CC(=O)O.[NaH]. The molecule has 0 saturated carbocycles. The summed E-state index contributed by atoms with van der Waals surface area (Å²) < 4.78 is 15.5. The van der Waals surface area contributed by atoms with Gasteiger partial charge in [0.15, 0.2) is 0 Å². The van der Waals surface area contributed by atoms with Crippen LogP contribution in [0.25, 0.3) is 28.8 Å². The molecule has 204 valence electrons. The maximum atomic E-state index is 13.7. The Morgan fingerprint density at radius 2 is 1.75 bits per heavy atom. The molecule has 2 heterocycles. The fourth-order valence-corrected chi connectivity index (χ4v) is 4.09. The van der Waals surface area contributed by atoms with Gasteiger partial charge in [-0.15, -0.1) is 0 Å². The molecule has 2 aromatic heterocycles. The van der Waals surface area contributed by atoms with E-state index in [-0.39, 0.29) is 47.7 Å². The van der Waals surface area contributed by atoms with Crippen LogP contribution in [-0.2, 0) is 4.79 Å². The van der Waals surface area contributed by atoms with Crippen molar-refractivity contribution in [3.63, 3.8) is 0 Å². The number of hydrogen-bond donors (Lipinski definition) is 4. The molecule has 0 aliphatic carbocycles. The molecule has 11 heteroatoms. The summed E-state index contributed by atoms with van der Waals surface area (Å²) in [5.74, 6) is -0.534. The van der Waals surface area contributed by atoms with Crippen molar-refractivity contribution in [1.82, 2.24) is 19.5 Å². The summed E-state index contributed by atoms with van der Waals surface area (Å²) in [5, 5.41) is 32.5. The Labute approximate surface area is 253 Å². The fraction of sp³-hybridized carbons (Fsp3) is 0.241. The predicted octanol–water partition coefficient (Wildman–Crippen LogP) is 4.42. The maximum absolute atomic E-state index is 13.7. The van der Waals surface area contributed by atoms with Gasteiger partial charge in [-0.2, -0.15) is 0 Å². The van der Waals surface area contributed by atoms with Gasteiger partial charge in [0.2, 0.25) is 5.95 Å². The van der Waals surface area contributed by atoms with Crippen LogP contribution in [0.1, 0.15) is 38.4 Å². The predicted molar refractivity (Wildman–Crippen MR) is 154 cm³/mol. The number of para-hydroxylation sites is 1. The average molecular weight is 556 g/mol. The van der Waals surface area contributed by atoms with E-state index in [1.165, 1.54) is 18.2 Å². The van der Waals surface area contributed by atoms with Crippen LogP contribution in [0, 0.1) is 5.82 Å². The summed E-state index contributed by atoms with van der Waals surface area (Å²) in [6.45, 7) is 3.95. The van der Waals surface area contributed by atoms with E-state index in [0.29, 0.717) is 34.4 Å². The van der Waals surface area contributed by atoms with Gasteiger partial charge in [0.25, 0.3) is 0 Å². The first-order chi connectivity index (χ1) is 18.7. The van der Waals surface area contributed by atoms with Crippen molar-refractivity contribution in [2.75, 3.05) is 5.32 Å². The van der Waals surface area contributed by atoms with E-state index in [1.807, 2.05) is 44.2 Å². The van der Waals surface area contributed by atoms with Crippen LogP contribution in [0.15, 0.2) is 72.9 Å². The molecule has 40 heavy (non-hydrogen) atoms.